The molecule has 0 N–H and O–H groups in total. The van der Waals surface area contributed by atoms with Crippen molar-refractivity contribution in [3.8, 4) is 22.6 Å². The van der Waals surface area contributed by atoms with Gasteiger partial charge in [-0.2, -0.15) is 20.5 Å². The third-order valence-electron chi connectivity index (χ3n) is 5.92. The Morgan fingerprint density at radius 3 is 2.54 bits per heavy atom. The lowest BCUT2D eigenvalue weighted by Gasteiger charge is -2.33. The Labute approximate surface area is 215 Å². The van der Waals surface area contributed by atoms with Crippen molar-refractivity contribution in [1.82, 2.24) is 20.1 Å². The zero-order valence-electron chi connectivity index (χ0n) is 19.6. The number of rotatable bonds is 6. The normalized spacial score (nSPS) is 13.7. The number of urea groups is 1. The Kier molecular flexibility index (Phi) is 7.40. The van der Waals surface area contributed by atoms with Crippen LogP contribution in [0.25, 0.3) is 22.6 Å². The van der Waals surface area contributed by atoms with Crippen LogP contribution in [-0.4, -0.2) is 50.7 Å². The molecule has 5 rings (SSSR count). The molecule has 0 spiro atoms. The Balaban J connectivity index is 1.46. The van der Waals surface area contributed by atoms with Crippen molar-refractivity contribution in [2.24, 2.45) is 0 Å². The van der Waals surface area contributed by atoms with Crippen LogP contribution in [0.3, 0.4) is 0 Å². The van der Waals surface area contributed by atoms with Crippen molar-refractivity contribution in [2.75, 3.05) is 29.5 Å². The van der Waals surface area contributed by atoms with E-state index in [9.17, 15) is 13.6 Å². The molecule has 190 valence electrons. The second-order valence-corrected chi connectivity index (χ2v) is 9.54. The fraction of sp³-hybridized carbons (Fsp3) is 0.231. The lowest BCUT2D eigenvalue weighted by Crippen LogP contribution is -2.46. The summed E-state index contributed by atoms with van der Waals surface area (Å²) >= 11 is 1.79. The van der Waals surface area contributed by atoms with Gasteiger partial charge in [0.05, 0.1) is 6.54 Å². The van der Waals surface area contributed by atoms with E-state index in [2.05, 4.69) is 15.2 Å². The fourth-order valence-corrected chi connectivity index (χ4v) is 4.90. The molecule has 7 nitrogen and oxygen atoms in total. The van der Waals surface area contributed by atoms with Crippen LogP contribution < -0.4 is 4.90 Å². The number of carbonyl (C=O) groups is 1. The number of pyridine rings is 1. The monoisotopic (exact) mass is 525 g/mol. The summed E-state index contributed by atoms with van der Waals surface area (Å²) in [5.74, 6) is 0.0181. The van der Waals surface area contributed by atoms with Crippen LogP contribution in [0, 0.1) is 5.82 Å². The largest absolute Gasteiger partial charge is 0.415 e. The summed E-state index contributed by atoms with van der Waals surface area (Å²) < 4.78 is 45.7. The minimum atomic E-state index is -2.92. The van der Waals surface area contributed by atoms with E-state index < -0.39 is 18.1 Å². The Morgan fingerprint density at radius 2 is 1.84 bits per heavy atom. The maximum absolute atomic E-state index is 15.2. The number of hydrogen-bond acceptors (Lipinski definition) is 6. The molecule has 0 radical (unpaired) electrons. The van der Waals surface area contributed by atoms with E-state index in [0.717, 1.165) is 28.7 Å². The van der Waals surface area contributed by atoms with E-state index in [1.165, 1.54) is 12.1 Å². The predicted molar refractivity (Wildman–Crippen MR) is 135 cm³/mol. The number of hydrogen-bond donors (Lipinski definition) is 0. The highest BCUT2D eigenvalue weighted by molar-refractivity contribution is 7.99. The van der Waals surface area contributed by atoms with Crippen LogP contribution >= 0.6 is 11.8 Å². The lowest BCUT2D eigenvalue weighted by atomic mass is 10.1. The molecule has 0 atom stereocenters. The molecule has 37 heavy (non-hydrogen) atoms. The third-order valence-corrected chi connectivity index (χ3v) is 6.86. The first-order chi connectivity index (χ1) is 18.0. The van der Waals surface area contributed by atoms with Crippen LogP contribution in [0.15, 0.2) is 71.4 Å². The Bertz CT molecular complexity index is 1380. The molecule has 4 aromatic rings. The van der Waals surface area contributed by atoms with E-state index in [1.54, 1.807) is 34.0 Å². The average Bonchev–Trinajstić information content (AvgIpc) is 3.44. The highest BCUT2D eigenvalue weighted by atomic mass is 32.2. The number of thioether (sulfide) groups is 1. The average molecular weight is 526 g/mol. The number of amides is 2. The number of nitrogens with zero attached hydrogens (tertiary/aromatic N) is 5. The summed E-state index contributed by atoms with van der Waals surface area (Å²) in [6.45, 7) is 1.18. The molecule has 1 fully saturated rings. The lowest BCUT2D eigenvalue weighted by molar-refractivity contribution is 0.116. The number of benzene rings is 2. The van der Waals surface area contributed by atoms with Crippen molar-refractivity contribution in [1.29, 1.82) is 0 Å². The van der Waals surface area contributed by atoms with Gasteiger partial charge in [0.15, 0.2) is 0 Å². The van der Waals surface area contributed by atoms with E-state index in [1.807, 2.05) is 36.4 Å². The summed E-state index contributed by atoms with van der Waals surface area (Å²) in [5, 5.41) is 6.86. The van der Waals surface area contributed by atoms with Gasteiger partial charge < -0.3 is 9.32 Å². The van der Waals surface area contributed by atoms with Gasteiger partial charge >= 0.3 is 12.5 Å². The van der Waals surface area contributed by atoms with Gasteiger partial charge in [-0.25, -0.2) is 9.18 Å². The molecule has 3 heterocycles. The highest BCUT2D eigenvalue weighted by Gasteiger charge is 2.26. The number of halogens is 3. The number of carbonyl (C=O) groups excluding carboxylic acids is 1. The molecular formula is C26H22F3N5O2S. The van der Waals surface area contributed by atoms with Crippen molar-refractivity contribution in [3.05, 3.63) is 84.3 Å². The first-order valence-corrected chi connectivity index (χ1v) is 12.7. The number of aromatic nitrogens is 3. The highest BCUT2D eigenvalue weighted by Crippen LogP contribution is 2.29. The number of anilines is 1. The van der Waals surface area contributed by atoms with E-state index in [4.69, 9.17) is 4.42 Å². The van der Waals surface area contributed by atoms with Crippen molar-refractivity contribution >= 4 is 23.5 Å². The first-order valence-electron chi connectivity index (χ1n) is 11.5. The molecule has 0 saturated carbocycles. The molecule has 1 aliphatic heterocycles. The quantitative estimate of drug-likeness (QED) is 0.305. The minimum absolute atomic E-state index is 0.0306. The van der Waals surface area contributed by atoms with Crippen LogP contribution in [-0.2, 0) is 6.54 Å². The van der Waals surface area contributed by atoms with Crippen LogP contribution in [0.4, 0.5) is 23.7 Å². The molecule has 1 aliphatic rings. The molecule has 0 aliphatic carbocycles. The van der Waals surface area contributed by atoms with Gasteiger partial charge in [-0.15, -0.1) is 10.2 Å². The summed E-state index contributed by atoms with van der Waals surface area (Å²) in [7, 11) is 0. The van der Waals surface area contributed by atoms with Crippen LogP contribution in [0.2, 0.25) is 0 Å². The van der Waals surface area contributed by atoms with Gasteiger partial charge in [0, 0.05) is 59.4 Å². The second-order valence-electron chi connectivity index (χ2n) is 8.31. The van der Waals surface area contributed by atoms with Gasteiger partial charge in [-0.3, -0.25) is 9.88 Å². The summed E-state index contributed by atoms with van der Waals surface area (Å²) in [5.41, 5.74) is 2.81. The standard InChI is InChI=1S/C26H22F3N5O2S/c27-22-14-18(24-31-32-25(36-24)23(28)29)6-7-20(22)16-34(26(35)33-9-11-37-12-10-33)21-5-1-3-17(13-21)19-4-2-8-30-15-19/h1-8,13-15,23H,9-12,16H2. The molecule has 2 aromatic carbocycles. The summed E-state index contributed by atoms with van der Waals surface area (Å²) in [6, 6.07) is 15.2. The summed E-state index contributed by atoms with van der Waals surface area (Å²) in [4.78, 5) is 21.1. The van der Waals surface area contributed by atoms with Gasteiger partial charge in [-0.05, 0) is 35.9 Å². The molecule has 0 bridgehead atoms. The SMILES string of the molecule is O=C(N1CCSCC1)N(Cc1ccc(-c2nnc(C(F)F)o2)cc1F)c1cccc(-c2cccnc2)c1. The summed E-state index contributed by atoms with van der Waals surface area (Å²) in [6.07, 6.45) is 0.510. The third kappa shape index (κ3) is 5.61. The van der Waals surface area contributed by atoms with Gasteiger partial charge in [0.2, 0.25) is 5.89 Å². The molecule has 1 saturated heterocycles. The molecule has 0 unspecified atom stereocenters. The molecule has 11 heteroatoms. The van der Waals surface area contributed by atoms with Crippen molar-refractivity contribution in [3.63, 3.8) is 0 Å². The minimum Gasteiger partial charge on any atom is -0.415 e. The smallest absolute Gasteiger partial charge is 0.324 e. The predicted octanol–water partition coefficient (Wildman–Crippen LogP) is 6.05. The molecular weight excluding hydrogens is 503 g/mol. The van der Waals surface area contributed by atoms with Crippen molar-refractivity contribution < 1.29 is 22.4 Å². The van der Waals surface area contributed by atoms with E-state index in [-0.39, 0.29) is 29.6 Å². The van der Waals surface area contributed by atoms with Gasteiger partial charge in [-0.1, -0.05) is 24.3 Å². The van der Waals surface area contributed by atoms with Crippen LogP contribution in [0.5, 0.6) is 0 Å². The molecule has 2 aromatic heterocycles. The number of alkyl halides is 2. The zero-order valence-corrected chi connectivity index (χ0v) is 20.4. The Hall–Kier alpha value is -3.86. The van der Waals surface area contributed by atoms with Crippen molar-refractivity contribution in [2.45, 2.75) is 13.0 Å². The van der Waals surface area contributed by atoms with Crippen LogP contribution in [0.1, 0.15) is 17.9 Å². The Morgan fingerprint density at radius 1 is 1.03 bits per heavy atom. The fourth-order valence-electron chi connectivity index (χ4n) is 4.00. The molecule has 2 amide bonds. The maximum Gasteiger partial charge on any atom is 0.324 e. The maximum atomic E-state index is 15.2. The van der Waals surface area contributed by atoms with Gasteiger partial charge in [0.25, 0.3) is 5.89 Å². The first kappa shape index (κ1) is 24.8. The van der Waals surface area contributed by atoms with E-state index >= 15 is 4.39 Å². The zero-order chi connectivity index (χ0) is 25.8. The van der Waals surface area contributed by atoms with E-state index in [0.29, 0.717) is 18.8 Å². The second kappa shape index (κ2) is 11.0. The topological polar surface area (TPSA) is 75.4 Å². The van der Waals surface area contributed by atoms with Gasteiger partial charge in [0.1, 0.15) is 5.82 Å².